The maximum absolute atomic E-state index is 13.4. The van der Waals surface area contributed by atoms with E-state index in [2.05, 4.69) is 22.0 Å². The molecule has 1 atom stereocenters. The Balaban J connectivity index is 1.15. The van der Waals surface area contributed by atoms with Gasteiger partial charge in [0, 0.05) is 62.9 Å². The highest BCUT2D eigenvalue weighted by atomic mass is 16.5. The van der Waals surface area contributed by atoms with Gasteiger partial charge in [-0.15, -0.1) is 0 Å². The van der Waals surface area contributed by atoms with E-state index in [1.807, 2.05) is 69.1 Å². The molecule has 0 bridgehead atoms. The number of aromatic nitrogens is 2. The summed E-state index contributed by atoms with van der Waals surface area (Å²) in [5, 5.41) is 11.1. The van der Waals surface area contributed by atoms with Gasteiger partial charge in [0.05, 0.1) is 31.2 Å². The molecule has 0 spiro atoms. The van der Waals surface area contributed by atoms with Crippen LogP contribution in [0.15, 0.2) is 71.4 Å². The molecule has 51 heavy (non-hydrogen) atoms. The van der Waals surface area contributed by atoms with Crippen molar-refractivity contribution in [2.45, 2.75) is 65.6 Å². The highest BCUT2D eigenvalue weighted by molar-refractivity contribution is 5.98. The summed E-state index contributed by atoms with van der Waals surface area (Å²) in [5.74, 6) is 2.13. The summed E-state index contributed by atoms with van der Waals surface area (Å²) in [4.78, 5) is 34.5. The Morgan fingerprint density at radius 1 is 1.04 bits per heavy atom. The fourth-order valence-electron chi connectivity index (χ4n) is 7.38. The zero-order valence-electron chi connectivity index (χ0n) is 30.7. The number of aryl methyl sites for hydroxylation is 1. The van der Waals surface area contributed by atoms with Crippen LogP contribution in [0.5, 0.6) is 17.2 Å². The molecule has 1 unspecified atom stereocenters. The predicted octanol–water partition coefficient (Wildman–Crippen LogP) is 6.60. The summed E-state index contributed by atoms with van der Waals surface area (Å²) in [6.07, 6.45) is 9.41. The van der Waals surface area contributed by atoms with E-state index in [9.17, 15) is 14.9 Å². The summed E-state index contributed by atoms with van der Waals surface area (Å²) in [7, 11) is 5.09. The maximum Gasteiger partial charge on any atom is 0.264 e. The van der Waals surface area contributed by atoms with Crippen LogP contribution in [0.2, 0.25) is 0 Å². The molecule has 0 saturated carbocycles. The highest BCUT2D eigenvalue weighted by Gasteiger charge is 2.32. The van der Waals surface area contributed by atoms with E-state index in [1.165, 1.54) is 0 Å². The number of nitrogens with zero attached hydrogens (tertiary/aromatic N) is 5. The first-order valence-corrected chi connectivity index (χ1v) is 17.6. The van der Waals surface area contributed by atoms with Gasteiger partial charge < -0.3 is 23.7 Å². The van der Waals surface area contributed by atoms with Gasteiger partial charge >= 0.3 is 0 Å². The molecule has 2 aliphatic rings. The molecule has 10 heteroatoms. The lowest BCUT2D eigenvalue weighted by Crippen LogP contribution is -2.40. The zero-order chi connectivity index (χ0) is 36.4. The van der Waals surface area contributed by atoms with E-state index in [0.717, 1.165) is 76.4 Å². The predicted molar refractivity (Wildman–Crippen MR) is 198 cm³/mol. The van der Waals surface area contributed by atoms with Crippen LogP contribution in [-0.2, 0) is 24.8 Å². The van der Waals surface area contributed by atoms with Gasteiger partial charge in [-0.25, -0.2) is 0 Å². The SMILES string of the molecule is COc1cc(-c2cn(C)c(=O)c3cnccc23)cc(OC)c1CN1CCC(Oc2cccc3c2CCN(C(=O)/C(C#N)=C/C(C)(C)C)C3C)CC1. The minimum Gasteiger partial charge on any atom is -0.496 e. The molecule has 2 aromatic heterocycles. The van der Waals surface area contributed by atoms with E-state index in [1.54, 1.807) is 44.3 Å². The third-order valence-electron chi connectivity index (χ3n) is 9.99. The first kappa shape index (κ1) is 35.7. The molecule has 4 aromatic rings. The van der Waals surface area contributed by atoms with Gasteiger partial charge in [-0.2, -0.15) is 5.26 Å². The normalized spacial score (nSPS) is 17.2. The first-order valence-electron chi connectivity index (χ1n) is 17.6. The Bertz CT molecular complexity index is 2060. The number of benzene rings is 2. The van der Waals surface area contributed by atoms with E-state index < -0.39 is 0 Å². The van der Waals surface area contributed by atoms with Crippen molar-refractivity contribution in [1.82, 2.24) is 19.4 Å². The number of methoxy groups -OCH3 is 2. The number of ether oxygens (including phenoxy) is 3. The molecule has 1 amide bonds. The van der Waals surface area contributed by atoms with Gasteiger partial charge in [0.15, 0.2) is 0 Å². The number of nitriles is 1. The van der Waals surface area contributed by atoms with Gasteiger partial charge in [-0.05, 0) is 72.4 Å². The van der Waals surface area contributed by atoms with Crippen LogP contribution in [0, 0.1) is 16.7 Å². The number of allylic oxidation sites excluding steroid dienone is 1. The van der Waals surface area contributed by atoms with Gasteiger partial charge in [-0.3, -0.25) is 19.5 Å². The molecule has 1 fully saturated rings. The molecular weight excluding hydrogens is 642 g/mol. The van der Waals surface area contributed by atoms with Crippen LogP contribution in [-0.4, -0.2) is 65.2 Å². The molecule has 1 saturated heterocycles. The summed E-state index contributed by atoms with van der Waals surface area (Å²) in [6.45, 7) is 10.9. The van der Waals surface area contributed by atoms with Gasteiger partial charge in [0.2, 0.25) is 0 Å². The Kier molecular flexibility index (Phi) is 10.2. The molecule has 2 aromatic carbocycles. The van der Waals surface area contributed by atoms with Crippen molar-refractivity contribution in [2.75, 3.05) is 33.9 Å². The van der Waals surface area contributed by atoms with Crippen molar-refractivity contribution in [3.8, 4) is 34.4 Å². The highest BCUT2D eigenvalue weighted by Crippen LogP contribution is 2.39. The summed E-state index contributed by atoms with van der Waals surface area (Å²) in [5.41, 5.74) is 4.82. The van der Waals surface area contributed by atoms with Gasteiger partial charge in [0.1, 0.15) is 35.0 Å². The number of piperidine rings is 1. The Morgan fingerprint density at radius 3 is 2.39 bits per heavy atom. The molecule has 6 rings (SSSR count). The maximum atomic E-state index is 13.4. The van der Waals surface area contributed by atoms with Crippen LogP contribution in [0.1, 0.15) is 63.3 Å². The zero-order valence-corrected chi connectivity index (χ0v) is 30.7. The monoisotopic (exact) mass is 689 g/mol. The molecule has 0 radical (unpaired) electrons. The van der Waals surface area contributed by atoms with Crippen molar-refractivity contribution >= 4 is 16.7 Å². The van der Waals surface area contributed by atoms with Crippen molar-refractivity contribution < 1.29 is 19.0 Å². The first-order chi connectivity index (χ1) is 24.4. The fraction of sp³-hybridized carbons (Fsp3) is 0.415. The van der Waals surface area contributed by atoms with E-state index in [-0.39, 0.29) is 34.6 Å². The minimum atomic E-state index is -0.267. The van der Waals surface area contributed by atoms with Crippen molar-refractivity contribution in [1.29, 1.82) is 5.26 Å². The van der Waals surface area contributed by atoms with Crippen molar-refractivity contribution in [2.24, 2.45) is 12.5 Å². The third-order valence-corrected chi connectivity index (χ3v) is 9.99. The van der Waals surface area contributed by atoms with Gasteiger partial charge in [0.25, 0.3) is 11.5 Å². The Labute approximate surface area is 299 Å². The summed E-state index contributed by atoms with van der Waals surface area (Å²) < 4.78 is 20.1. The number of carbonyl (C=O) groups excluding carboxylic acids is 1. The second kappa shape index (κ2) is 14.6. The summed E-state index contributed by atoms with van der Waals surface area (Å²) in [6, 6.07) is 14.0. The lowest BCUT2D eigenvalue weighted by molar-refractivity contribution is -0.129. The molecule has 0 aliphatic carbocycles. The minimum absolute atomic E-state index is 0.0706. The van der Waals surface area contributed by atoms with Crippen LogP contribution >= 0.6 is 0 Å². The number of rotatable bonds is 8. The van der Waals surface area contributed by atoms with E-state index in [4.69, 9.17) is 14.2 Å². The number of pyridine rings is 2. The van der Waals surface area contributed by atoms with Crippen LogP contribution < -0.4 is 19.8 Å². The Morgan fingerprint density at radius 2 is 1.75 bits per heavy atom. The standard InChI is InChI=1S/C41H47N5O5/c1-26-30-9-8-10-36(32(30)14-18-46(26)39(47)28(22-42)21-41(2,3)4)51-29-12-16-45(17-13-29)25-35-37(49-6)19-27(20-38(35)50-7)34-24-44(5)40(48)33-23-43-15-11-31(33)34/h8-11,15,19-21,23-24,26,29H,12-14,16-18,25H2,1-7H3/b28-21+. The topological polar surface area (TPSA) is 110 Å². The molecule has 4 heterocycles. The van der Waals surface area contributed by atoms with E-state index in [0.29, 0.717) is 24.9 Å². The second-order valence-corrected chi connectivity index (χ2v) is 14.6. The number of hydrogen-bond donors (Lipinski definition) is 0. The summed E-state index contributed by atoms with van der Waals surface area (Å²) >= 11 is 0. The lowest BCUT2D eigenvalue weighted by atomic mass is 9.90. The molecule has 10 nitrogen and oxygen atoms in total. The third kappa shape index (κ3) is 7.35. The van der Waals surface area contributed by atoms with Crippen LogP contribution in [0.25, 0.3) is 21.9 Å². The van der Waals surface area contributed by atoms with Crippen molar-refractivity contribution in [3.63, 3.8) is 0 Å². The average molecular weight is 690 g/mol. The number of likely N-dealkylation sites (tertiary alicyclic amines) is 1. The Hall–Kier alpha value is -5.14. The number of carbonyl (C=O) groups is 1. The molecular formula is C41H47N5O5. The lowest BCUT2D eigenvalue weighted by Gasteiger charge is -2.37. The number of fused-ring (bicyclic) bond motifs is 2. The largest absolute Gasteiger partial charge is 0.496 e. The van der Waals surface area contributed by atoms with Crippen LogP contribution in [0.4, 0.5) is 0 Å². The fourth-order valence-corrected chi connectivity index (χ4v) is 7.38. The molecule has 266 valence electrons. The average Bonchev–Trinajstić information content (AvgIpc) is 3.12. The number of hydrogen-bond acceptors (Lipinski definition) is 8. The molecule has 2 aliphatic heterocycles. The molecule has 0 N–H and O–H groups in total. The van der Waals surface area contributed by atoms with E-state index >= 15 is 0 Å². The number of amides is 1. The second-order valence-electron chi connectivity index (χ2n) is 14.6. The van der Waals surface area contributed by atoms with Gasteiger partial charge in [-0.1, -0.05) is 39.0 Å². The quantitative estimate of drug-likeness (QED) is 0.150. The van der Waals surface area contributed by atoms with Crippen LogP contribution in [0.3, 0.4) is 0 Å². The van der Waals surface area contributed by atoms with Crippen molar-refractivity contribution in [3.05, 3.63) is 93.7 Å². The smallest absolute Gasteiger partial charge is 0.264 e.